The highest BCUT2D eigenvalue weighted by molar-refractivity contribution is 8.00. The number of anilines is 1. The van der Waals surface area contributed by atoms with Crippen molar-refractivity contribution in [2.75, 3.05) is 11.1 Å². The van der Waals surface area contributed by atoms with Crippen LogP contribution < -0.4 is 10.1 Å². The minimum atomic E-state index is -4.76. The van der Waals surface area contributed by atoms with E-state index in [-0.39, 0.29) is 17.4 Å². The Kier molecular flexibility index (Phi) is 6.10. The van der Waals surface area contributed by atoms with Crippen molar-refractivity contribution in [1.29, 1.82) is 5.26 Å². The van der Waals surface area contributed by atoms with E-state index in [1.807, 2.05) is 19.9 Å². The summed E-state index contributed by atoms with van der Waals surface area (Å²) in [6.07, 6.45) is -4.76. The molecule has 26 heavy (non-hydrogen) atoms. The van der Waals surface area contributed by atoms with Crippen LogP contribution in [0.1, 0.15) is 16.8 Å². The molecule has 1 aromatic carbocycles. The van der Waals surface area contributed by atoms with E-state index >= 15 is 0 Å². The molecule has 0 unspecified atom stereocenters. The molecule has 0 aliphatic carbocycles. The molecular weight excluding hydrogens is 367 g/mol. The first kappa shape index (κ1) is 19.6. The Hall–Kier alpha value is -2.73. The number of aromatic nitrogens is 1. The van der Waals surface area contributed by atoms with Crippen molar-refractivity contribution < 1.29 is 22.7 Å². The van der Waals surface area contributed by atoms with Crippen LogP contribution in [-0.2, 0) is 4.79 Å². The lowest BCUT2D eigenvalue weighted by atomic mass is 10.2. The van der Waals surface area contributed by atoms with Gasteiger partial charge in [-0.2, -0.15) is 5.26 Å². The maximum atomic E-state index is 12.1. The van der Waals surface area contributed by atoms with E-state index in [2.05, 4.69) is 15.0 Å². The summed E-state index contributed by atoms with van der Waals surface area (Å²) in [6.45, 7) is 3.65. The first-order valence-electron chi connectivity index (χ1n) is 7.35. The molecule has 5 nitrogen and oxygen atoms in total. The van der Waals surface area contributed by atoms with Gasteiger partial charge in [-0.3, -0.25) is 4.79 Å². The van der Waals surface area contributed by atoms with Crippen LogP contribution >= 0.6 is 11.8 Å². The van der Waals surface area contributed by atoms with Gasteiger partial charge in [0.25, 0.3) is 0 Å². The van der Waals surface area contributed by atoms with Crippen LogP contribution in [-0.4, -0.2) is 23.0 Å². The van der Waals surface area contributed by atoms with Crippen molar-refractivity contribution >= 4 is 23.4 Å². The zero-order valence-corrected chi connectivity index (χ0v) is 14.7. The average Bonchev–Trinajstić information content (AvgIpc) is 2.56. The number of carbonyl (C=O) groups is 1. The number of pyridine rings is 1. The summed E-state index contributed by atoms with van der Waals surface area (Å²) < 4.78 is 40.1. The van der Waals surface area contributed by atoms with Crippen molar-refractivity contribution in [3.05, 3.63) is 47.2 Å². The number of halogens is 3. The maximum absolute atomic E-state index is 12.1. The first-order chi connectivity index (χ1) is 12.2. The smallest absolute Gasteiger partial charge is 0.406 e. The van der Waals surface area contributed by atoms with Crippen LogP contribution in [0.4, 0.5) is 18.9 Å². The minimum Gasteiger partial charge on any atom is -0.406 e. The summed E-state index contributed by atoms with van der Waals surface area (Å²) in [6, 6.07) is 8.57. The third kappa shape index (κ3) is 5.67. The normalized spacial score (nSPS) is 10.9. The van der Waals surface area contributed by atoms with Gasteiger partial charge in [0.1, 0.15) is 16.8 Å². The van der Waals surface area contributed by atoms with Gasteiger partial charge in [0.2, 0.25) is 5.91 Å². The molecule has 0 saturated carbocycles. The molecule has 2 rings (SSSR count). The number of hydrogen-bond donors (Lipinski definition) is 1. The molecule has 0 spiro atoms. The lowest BCUT2D eigenvalue weighted by molar-refractivity contribution is -0.274. The predicted octanol–water partition coefficient (Wildman–Crippen LogP) is 4.20. The summed E-state index contributed by atoms with van der Waals surface area (Å²) >= 11 is 1.11. The minimum absolute atomic E-state index is 0.00494. The SMILES string of the molecule is Cc1cc(C#N)c(SCC(=O)Nc2ccc(OC(F)(F)F)cc2)nc1C. The number of thioether (sulfide) groups is 1. The molecule has 0 radical (unpaired) electrons. The van der Waals surface area contributed by atoms with Crippen LogP contribution in [0.2, 0.25) is 0 Å². The fraction of sp³-hybridized carbons (Fsp3) is 0.235. The molecule has 2 aromatic rings. The molecule has 0 aliphatic rings. The second-order valence-corrected chi connectivity index (χ2v) is 6.23. The monoisotopic (exact) mass is 381 g/mol. The highest BCUT2D eigenvalue weighted by Gasteiger charge is 2.30. The number of aryl methyl sites for hydroxylation is 2. The second-order valence-electron chi connectivity index (χ2n) is 5.26. The summed E-state index contributed by atoms with van der Waals surface area (Å²) in [5.74, 6) is -0.739. The van der Waals surface area contributed by atoms with Gasteiger partial charge in [-0.05, 0) is 49.7 Å². The van der Waals surface area contributed by atoms with Crippen molar-refractivity contribution in [1.82, 2.24) is 4.98 Å². The van der Waals surface area contributed by atoms with Crippen molar-refractivity contribution in [3.63, 3.8) is 0 Å². The number of benzene rings is 1. The number of hydrogen-bond acceptors (Lipinski definition) is 5. The molecule has 0 aliphatic heterocycles. The van der Waals surface area contributed by atoms with Gasteiger partial charge in [-0.15, -0.1) is 13.2 Å². The highest BCUT2D eigenvalue weighted by atomic mass is 32.2. The summed E-state index contributed by atoms with van der Waals surface area (Å²) in [5.41, 5.74) is 2.38. The van der Waals surface area contributed by atoms with Crippen LogP contribution in [0.25, 0.3) is 0 Å². The Bertz CT molecular complexity index is 846. The number of alkyl halides is 3. The number of amides is 1. The molecule has 0 fully saturated rings. The van der Waals surface area contributed by atoms with Gasteiger partial charge < -0.3 is 10.1 Å². The highest BCUT2D eigenvalue weighted by Crippen LogP contribution is 2.25. The van der Waals surface area contributed by atoms with E-state index in [9.17, 15) is 18.0 Å². The van der Waals surface area contributed by atoms with Gasteiger partial charge in [-0.25, -0.2) is 4.98 Å². The zero-order chi connectivity index (χ0) is 19.3. The topological polar surface area (TPSA) is 75.0 Å². The fourth-order valence-corrected chi connectivity index (χ4v) is 2.75. The average molecular weight is 381 g/mol. The Morgan fingerprint density at radius 1 is 1.31 bits per heavy atom. The standard InChI is InChI=1S/C17H14F3N3O2S/c1-10-7-12(8-21)16(22-11(10)2)26-9-15(24)23-13-3-5-14(6-4-13)25-17(18,19)20/h3-7H,9H2,1-2H3,(H,23,24). The molecule has 1 heterocycles. The molecule has 9 heteroatoms. The Morgan fingerprint density at radius 2 is 1.96 bits per heavy atom. The molecule has 1 N–H and O–H groups in total. The molecule has 136 valence electrons. The van der Waals surface area contributed by atoms with Crippen molar-refractivity contribution in [3.8, 4) is 11.8 Å². The summed E-state index contributed by atoms with van der Waals surface area (Å²) in [7, 11) is 0. The third-order valence-corrected chi connectivity index (χ3v) is 4.25. The van der Waals surface area contributed by atoms with Crippen molar-refractivity contribution in [2.24, 2.45) is 0 Å². The zero-order valence-electron chi connectivity index (χ0n) is 13.8. The van der Waals surface area contributed by atoms with Crippen LogP contribution in [0, 0.1) is 25.2 Å². The summed E-state index contributed by atoms with van der Waals surface area (Å²) in [5, 5.41) is 12.2. The van der Waals surface area contributed by atoms with Crippen molar-refractivity contribution in [2.45, 2.75) is 25.2 Å². The Morgan fingerprint density at radius 3 is 2.54 bits per heavy atom. The van der Waals surface area contributed by atoms with Gasteiger partial charge in [0.15, 0.2) is 0 Å². The van der Waals surface area contributed by atoms with Gasteiger partial charge in [0, 0.05) is 11.4 Å². The number of nitrogens with zero attached hydrogens (tertiary/aromatic N) is 2. The van der Waals surface area contributed by atoms with E-state index in [0.29, 0.717) is 16.3 Å². The molecule has 0 atom stereocenters. The lowest BCUT2D eigenvalue weighted by Gasteiger charge is -2.10. The van der Waals surface area contributed by atoms with Gasteiger partial charge >= 0.3 is 6.36 Å². The van der Waals surface area contributed by atoms with Gasteiger partial charge in [0.05, 0.1) is 11.3 Å². The number of rotatable bonds is 5. The number of carbonyl (C=O) groups excluding carboxylic acids is 1. The maximum Gasteiger partial charge on any atom is 0.573 e. The predicted molar refractivity (Wildman–Crippen MR) is 90.9 cm³/mol. The van der Waals surface area contributed by atoms with E-state index < -0.39 is 6.36 Å². The molecule has 0 bridgehead atoms. The second kappa shape index (κ2) is 8.10. The first-order valence-corrected chi connectivity index (χ1v) is 8.33. The lowest BCUT2D eigenvalue weighted by Crippen LogP contribution is -2.17. The van der Waals surface area contributed by atoms with E-state index in [1.165, 1.54) is 12.1 Å². The van der Waals surface area contributed by atoms with Crippen LogP contribution in [0.5, 0.6) is 5.75 Å². The molecule has 1 aromatic heterocycles. The quantitative estimate of drug-likeness (QED) is 0.786. The number of ether oxygens (including phenoxy) is 1. The number of nitrogens with one attached hydrogen (secondary N) is 1. The van der Waals surface area contributed by atoms with Gasteiger partial charge in [-0.1, -0.05) is 11.8 Å². The molecular formula is C17H14F3N3O2S. The van der Waals surface area contributed by atoms with E-state index in [0.717, 1.165) is 35.2 Å². The Balaban J connectivity index is 1.95. The molecule has 1 amide bonds. The van der Waals surface area contributed by atoms with Crippen LogP contribution in [0.15, 0.2) is 35.4 Å². The third-order valence-electron chi connectivity index (χ3n) is 3.26. The number of nitriles is 1. The largest absolute Gasteiger partial charge is 0.573 e. The van der Waals surface area contributed by atoms with E-state index in [4.69, 9.17) is 5.26 Å². The van der Waals surface area contributed by atoms with E-state index in [1.54, 1.807) is 6.07 Å². The fourth-order valence-electron chi connectivity index (χ4n) is 1.94. The summed E-state index contributed by atoms with van der Waals surface area (Å²) in [4.78, 5) is 16.3. The molecule has 0 saturated heterocycles. The van der Waals surface area contributed by atoms with Crippen LogP contribution in [0.3, 0.4) is 0 Å². The Labute approximate surface area is 152 Å².